The van der Waals surface area contributed by atoms with Gasteiger partial charge in [-0.25, -0.2) is 0 Å². The van der Waals surface area contributed by atoms with E-state index < -0.39 is 0 Å². The first-order valence-corrected chi connectivity index (χ1v) is 7.49. The van der Waals surface area contributed by atoms with E-state index in [0.29, 0.717) is 5.92 Å². The molecule has 0 bridgehead atoms. The minimum Gasteiger partial charge on any atom is -0.316 e. The normalized spacial score (nSPS) is 19.2. The maximum Gasteiger partial charge on any atom is 0.0568 e. The lowest BCUT2D eigenvalue weighted by Gasteiger charge is -2.23. The van der Waals surface area contributed by atoms with Gasteiger partial charge in [-0.3, -0.25) is 5.10 Å². The molecule has 2 heterocycles. The standard InChI is InChI=1S/C17H23N3/c1-11-7-13(3)15(8-12(11)2)16-10-19-20-17(16)14-5-4-6-18-9-14/h7-8,10,14,18H,4-6,9H2,1-3H3,(H,19,20). The molecule has 3 rings (SSSR count). The van der Waals surface area contributed by atoms with Gasteiger partial charge in [-0.05, 0) is 62.4 Å². The molecule has 1 unspecified atom stereocenters. The summed E-state index contributed by atoms with van der Waals surface area (Å²) in [4.78, 5) is 0. The maximum absolute atomic E-state index is 4.31. The highest BCUT2D eigenvalue weighted by atomic mass is 15.1. The van der Waals surface area contributed by atoms with Crippen LogP contribution < -0.4 is 5.32 Å². The number of nitrogens with zero attached hydrogens (tertiary/aromatic N) is 1. The van der Waals surface area contributed by atoms with Crippen LogP contribution in [0.15, 0.2) is 18.3 Å². The highest BCUT2D eigenvalue weighted by Gasteiger charge is 2.21. The van der Waals surface area contributed by atoms with E-state index in [4.69, 9.17) is 0 Å². The van der Waals surface area contributed by atoms with Crippen molar-refractivity contribution in [3.8, 4) is 11.1 Å². The Morgan fingerprint density at radius 3 is 2.60 bits per heavy atom. The smallest absolute Gasteiger partial charge is 0.0568 e. The summed E-state index contributed by atoms with van der Waals surface area (Å²) in [5, 5.41) is 11.0. The van der Waals surface area contributed by atoms with Gasteiger partial charge in [0.15, 0.2) is 0 Å². The number of H-pyrrole nitrogens is 1. The summed E-state index contributed by atoms with van der Waals surface area (Å²) >= 11 is 0. The van der Waals surface area contributed by atoms with Crippen molar-refractivity contribution in [3.05, 3.63) is 40.7 Å². The van der Waals surface area contributed by atoms with Crippen LogP contribution in [0, 0.1) is 20.8 Å². The van der Waals surface area contributed by atoms with Crippen molar-refractivity contribution in [1.82, 2.24) is 15.5 Å². The minimum absolute atomic E-state index is 0.558. The van der Waals surface area contributed by atoms with Crippen LogP contribution >= 0.6 is 0 Å². The second-order valence-corrected chi connectivity index (χ2v) is 5.99. The average Bonchev–Trinajstić information content (AvgIpc) is 2.93. The van der Waals surface area contributed by atoms with Gasteiger partial charge in [-0.1, -0.05) is 12.1 Å². The highest BCUT2D eigenvalue weighted by Crippen LogP contribution is 2.33. The van der Waals surface area contributed by atoms with Gasteiger partial charge in [0, 0.05) is 23.7 Å². The molecular weight excluding hydrogens is 246 g/mol. The van der Waals surface area contributed by atoms with E-state index in [1.807, 2.05) is 6.20 Å². The van der Waals surface area contributed by atoms with Crippen molar-refractivity contribution in [2.75, 3.05) is 13.1 Å². The first-order chi connectivity index (χ1) is 9.66. The molecule has 20 heavy (non-hydrogen) atoms. The van der Waals surface area contributed by atoms with Crippen molar-refractivity contribution in [2.45, 2.75) is 39.5 Å². The van der Waals surface area contributed by atoms with E-state index in [2.05, 4.69) is 48.4 Å². The van der Waals surface area contributed by atoms with E-state index >= 15 is 0 Å². The van der Waals surface area contributed by atoms with Crippen LogP contribution in [0.25, 0.3) is 11.1 Å². The molecule has 1 aliphatic heterocycles. The maximum atomic E-state index is 4.31. The van der Waals surface area contributed by atoms with E-state index in [9.17, 15) is 0 Å². The Kier molecular flexibility index (Phi) is 3.62. The second kappa shape index (κ2) is 5.41. The quantitative estimate of drug-likeness (QED) is 0.876. The zero-order valence-electron chi connectivity index (χ0n) is 12.6. The molecule has 1 atom stereocenters. The number of hydrogen-bond donors (Lipinski definition) is 2. The molecule has 1 saturated heterocycles. The summed E-state index contributed by atoms with van der Waals surface area (Å²) in [6, 6.07) is 4.58. The lowest BCUT2D eigenvalue weighted by molar-refractivity contribution is 0.455. The molecular formula is C17H23N3. The number of aromatic amines is 1. The predicted octanol–water partition coefficient (Wildman–Crippen LogP) is 3.47. The lowest BCUT2D eigenvalue weighted by Crippen LogP contribution is -2.28. The van der Waals surface area contributed by atoms with Crippen molar-refractivity contribution in [2.24, 2.45) is 0 Å². The molecule has 3 nitrogen and oxygen atoms in total. The van der Waals surface area contributed by atoms with Crippen LogP contribution in [0.3, 0.4) is 0 Å². The molecule has 1 aliphatic rings. The van der Waals surface area contributed by atoms with Gasteiger partial charge in [0.2, 0.25) is 0 Å². The van der Waals surface area contributed by atoms with Crippen molar-refractivity contribution >= 4 is 0 Å². The molecule has 3 heteroatoms. The van der Waals surface area contributed by atoms with Gasteiger partial charge in [0.1, 0.15) is 0 Å². The first kappa shape index (κ1) is 13.4. The molecule has 0 spiro atoms. The van der Waals surface area contributed by atoms with Crippen molar-refractivity contribution in [3.63, 3.8) is 0 Å². The van der Waals surface area contributed by atoms with Gasteiger partial charge in [-0.2, -0.15) is 5.10 Å². The number of piperidine rings is 1. The van der Waals surface area contributed by atoms with Crippen molar-refractivity contribution in [1.29, 1.82) is 0 Å². The van der Waals surface area contributed by atoms with Crippen LogP contribution in [0.2, 0.25) is 0 Å². The van der Waals surface area contributed by atoms with Crippen LogP contribution in [0.1, 0.15) is 41.1 Å². The average molecular weight is 269 g/mol. The highest BCUT2D eigenvalue weighted by molar-refractivity contribution is 5.70. The van der Waals surface area contributed by atoms with E-state index in [-0.39, 0.29) is 0 Å². The molecule has 0 aliphatic carbocycles. The van der Waals surface area contributed by atoms with Gasteiger partial charge in [-0.15, -0.1) is 0 Å². The third-order valence-electron chi connectivity index (χ3n) is 4.50. The predicted molar refractivity (Wildman–Crippen MR) is 83.1 cm³/mol. The van der Waals surface area contributed by atoms with Gasteiger partial charge in [0.25, 0.3) is 0 Å². The Hall–Kier alpha value is -1.61. The molecule has 0 amide bonds. The zero-order chi connectivity index (χ0) is 14.1. The van der Waals surface area contributed by atoms with Crippen LogP contribution in [-0.2, 0) is 0 Å². The Morgan fingerprint density at radius 2 is 1.85 bits per heavy atom. The van der Waals surface area contributed by atoms with Crippen LogP contribution in [0.4, 0.5) is 0 Å². The van der Waals surface area contributed by atoms with Crippen LogP contribution in [-0.4, -0.2) is 23.3 Å². The largest absolute Gasteiger partial charge is 0.316 e. The number of hydrogen-bond acceptors (Lipinski definition) is 2. The fourth-order valence-corrected chi connectivity index (χ4v) is 3.17. The van der Waals surface area contributed by atoms with Gasteiger partial charge >= 0.3 is 0 Å². The summed E-state index contributed by atoms with van der Waals surface area (Å²) in [5.41, 5.74) is 7.93. The molecule has 1 fully saturated rings. The number of aryl methyl sites for hydroxylation is 3. The topological polar surface area (TPSA) is 40.7 Å². The Balaban J connectivity index is 2.03. The summed E-state index contributed by atoms with van der Waals surface area (Å²) in [6.07, 6.45) is 4.47. The second-order valence-electron chi connectivity index (χ2n) is 5.99. The summed E-state index contributed by atoms with van der Waals surface area (Å²) < 4.78 is 0. The Labute approximate surface area is 120 Å². The molecule has 0 radical (unpaired) electrons. The Morgan fingerprint density at radius 1 is 1.05 bits per heavy atom. The fourth-order valence-electron chi connectivity index (χ4n) is 3.17. The fraction of sp³-hybridized carbons (Fsp3) is 0.471. The van der Waals surface area contributed by atoms with E-state index in [1.165, 1.54) is 46.4 Å². The molecule has 2 N–H and O–H groups in total. The molecule has 2 aromatic rings. The summed E-state index contributed by atoms with van der Waals surface area (Å²) in [6.45, 7) is 8.74. The monoisotopic (exact) mass is 269 g/mol. The molecule has 106 valence electrons. The number of rotatable bonds is 2. The molecule has 0 saturated carbocycles. The minimum atomic E-state index is 0.558. The Bertz CT molecular complexity index is 607. The third kappa shape index (κ3) is 2.38. The van der Waals surface area contributed by atoms with Gasteiger partial charge < -0.3 is 5.32 Å². The van der Waals surface area contributed by atoms with E-state index in [0.717, 1.165) is 13.1 Å². The number of benzene rings is 1. The molecule has 1 aromatic heterocycles. The lowest BCUT2D eigenvalue weighted by atomic mass is 9.89. The zero-order valence-corrected chi connectivity index (χ0v) is 12.6. The number of aromatic nitrogens is 2. The van der Waals surface area contributed by atoms with Crippen LogP contribution in [0.5, 0.6) is 0 Å². The van der Waals surface area contributed by atoms with Crippen molar-refractivity contribution < 1.29 is 0 Å². The third-order valence-corrected chi connectivity index (χ3v) is 4.50. The first-order valence-electron chi connectivity index (χ1n) is 7.49. The molecule has 1 aromatic carbocycles. The summed E-state index contributed by atoms with van der Waals surface area (Å²) in [7, 11) is 0. The number of nitrogens with one attached hydrogen (secondary N) is 2. The SMILES string of the molecule is Cc1cc(C)c(-c2cn[nH]c2C2CCCNC2)cc1C. The summed E-state index contributed by atoms with van der Waals surface area (Å²) in [5.74, 6) is 0.558. The van der Waals surface area contributed by atoms with E-state index in [1.54, 1.807) is 0 Å². The van der Waals surface area contributed by atoms with Gasteiger partial charge in [0.05, 0.1) is 6.20 Å².